The Morgan fingerprint density at radius 3 is 2.18 bits per heavy atom. The summed E-state index contributed by atoms with van der Waals surface area (Å²) in [5.74, 6) is -1.36. The van der Waals surface area contributed by atoms with Crippen LogP contribution in [0.15, 0.2) is 60.7 Å². The minimum atomic E-state index is -1.84. The van der Waals surface area contributed by atoms with E-state index >= 15 is 0 Å². The average molecular weight is 481 g/mol. The molecule has 0 aliphatic rings. The van der Waals surface area contributed by atoms with Gasteiger partial charge < -0.3 is 10.6 Å². The Morgan fingerprint density at radius 1 is 0.824 bits per heavy atom. The van der Waals surface area contributed by atoms with Gasteiger partial charge in [-0.25, -0.2) is 13.2 Å². The summed E-state index contributed by atoms with van der Waals surface area (Å²) in [5.41, 5.74) is 3.80. The van der Waals surface area contributed by atoms with Crippen molar-refractivity contribution in [1.29, 1.82) is 0 Å². The molecule has 0 spiro atoms. The molecule has 8 heteroatoms. The summed E-state index contributed by atoms with van der Waals surface area (Å²) in [4.78, 5) is 25.7. The molecule has 0 aliphatic carbocycles. The van der Waals surface area contributed by atoms with Gasteiger partial charge >= 0.3 is 0 Å². The van der Waals surface area contributed by atoms with Crippen molar-refractivity contribution in [1.82, 2.24) is 5.32 Å². The van der Waals surface area contributed by atoms with Crippen molar-refractivity contribution in [3.05, 3.63) is 100 Å². The van der Waals surface area contributed by atoms with Crippen molar-refractivity contribution in [3.63, 3.8) is 0 Å². The van der Waals surface area contributed by atoms with E-state index in [9.17, 15) is 22.8 Å². The minimum absolute atomic E-state index is 0.0500. The minimum Gasteiger partial charge on any atom is -0.348 e. The van der Waals surface area contributed by atoms with Gasteiger partial charge in [-0.2, -0.15) is 0 Å². The second-order valence-electron chi connectivity index (χ2n) is 8.63. The summed E-state index contributed by atoms with van der Waals surface area (Å²) >= 11 is 0. The third-order valence-corrected chi connectivity index (χ3v) is 5.51. The number of para-hydroxylation sites is 1. The fourth-order valence-electron chi connectivity index (χ4n) is 2.94. The van der Waals surface area contributed by atoms with Gasteiger partial charge in [0.1, 0.15) is 13.9 Å². The Labute approximate surface area is 197 Å². The van der Waals surface area contributed by atoms with Crippen LogP contribution in [0.4, 0.5) is 18.9 Å². The highest BCUT2D eigenvalue weighted by Gasteiger charge is 2.20. The highest BCUT2D eigenvalue weighted by Crippen LogP contribution is 2.19. The maximum Gasteiger partial charge on any atom is 0.256 e. The smallest absolute Gasteiger partial charge is 0.256 e. The van der Waals surface area contributed by atoms with Gasteiger partial charge in [-0.3, -0.25) is 9.59 Å². The molecule has 34 heavy (non-hydrogen) atoms. The number of hydrogen-bond donors (Lipinski definition) is 2. The van der Waals surface area contributed by atoms with E-state index < -0.39 is 37.3 Å². The lowest BCUT2D eigenvalue weighted by Gasteiger charge is -2.12. The van der Waals surface area contributed by atoms with Crippen molar-refractivity contribution in [2.45, 2.75) is 26.2 Å². The quantitative estimate of drug-likeness (QED) is 0.374. The predicted octanol–water partition coefficient (Wildman–Crippen LogP) is 5.52. The maximum atomic E-state index is 14.9. The van der Waals surface area contributed by atoms with Crippen LogP contribution in [0.3, 0.4) is 0 Å². The Kier molecular flexibility index (Phi) is 7.59. The summed E-state index contributed by atoms with van der Waals surface area (Å²) < 4.78 is 41.4. The fraction of sp³-hybridized carbons (Fsp3) is 0.154. The summed E-state index contributed by atoms with van der Waals surface area (Å²) in [6.45, 7) is 5.89. The molecule has 3 aromatic carbocycles. The number of carbonyl (C=O) groups is 2. The van der Waals surface area contributed by atoms with Crippen LogP contribution in [0.5, 0.6) is 0 Å². The molecular weight excluding hydrogens is 457 g/mol. The zero-order chi connectivity index (χ0) is 24.9. The molecule has 0 heterocycles. The van der Waals surface area contributed by atoms with Crippen LogP contribution in [0.1, 0.15) is 31.8 Å². The molecule has 0 saturated carbocycles. The first-order valence-corrected chi connectivity index (χ1v) is 14.0. The summed E-state index contributed by atoms with van der Waals surface area (Å²) in [6, 6.07) is 14.1. The Balaban J connectivity index is 1.93. The third kappa shape index (κ3) is 6.59. The van der Waals surface area contributed by atoms with E-state index in [1.165, 1.54) is 6.07 Å². The van der Waals surface area contributed by atoms with Gasteiger partial charge in [0.15, 0.2) is 11.6 Å². The molecular formula is C26H23F3N2O2Si. The standard InChI is InChI=1S/C26H23F3N2O2Si/c1-34(2,3)12-11-18-14-23(28)21(15-20(18)26(33)31-19-7-5-4-6-8-19)25(32)30-16-17-9-10-22(27)24(29)13-17/h4-10,13-15H,16H2,1-3H3,(H,30,32)(H,31,33). The highest BCUT2D eigenvalue weighted by molar-refractivity contribution is 6.83. The van der Waals surface area contributed by atoms with Crippen molar-refractivity contribution in [2.75, 3.05) is 5.32 Å². The molecule has 0 unspecified atom stereocenters. The molecule has 4 nitrogen and oxygen atoms in total. The van der Waals surface area contributed by atoms with Crippen LogP contribution in [0.2, 0.25) is 19.6 Å². The van der Waals surface area contributed by atoms with Gasteiger partial charge in [-0.05, 0) is 42.0 Å². The van der Waals surface area contributed by atoms with Crippen LogP contribution in [0, 0.1) is 28.9 Å². The monoisotopic (exact) mass is 480 g/mol. The van der Waals surface area contributed by atoms with Gasteiger partial charge in [0.2, 0.25) is 0 Å². The largest absolute Gasteiger partial charge is 0.348 e. The number of halogens is 3. The van der Waals surface area contributed by atoms with Gasteiger partial charge in [-0.15, -0.1) is 5.54 Å². The number of hydrogen-bond acceptors (Lipinski definition) is 2. The third-order valence-electron chi connectivity index (χ3n) is 4.64. The van der Waals surface area contributed by atoms with Crippen molar-refractivity contribution in [2.24, 2.45) is 0 Å². The molecule has 3 aromatic rings. The summed E-state index contributed by atoms with van der Waals surface area (Å²) in [5, 5.41) is 5.19. The summed E-state index contributed by atoms with van der Waals surface area (Å²) in [6.07, 6.45) is 0. The molecule has 0 aliphatic heterocycles. The Bertz CT molecular complexity index is 1290. The van der Waals surface area contributed by atoms with Gasteiger partial charge in [0, 0.05) is 17.8 Å². The molecule has 0 aromatic heterocycles. The molecule has 3 rings (SSSR count). The zero-order valence-electron chi connectivity index (χ0n) is 18.9. The molecule has 0 atom stereocenters. The van der Waals surface area contributed by atoms with Crippen LogP contribution in [-0.2, 0) is 6.54 Å². The van der Waals surface area contributed by atoms with Crippen LogP contribution >= 0.6 is 0 Å². The zero-order valence-corrected chi connectivity index (χ0v) is 19.9. The SMILES string of the molecule is C[Si](C)(C)C#Cc1cc(F)c(C(=O)NCc2ccc(F)c(F)c2)cc1C(=O)Nc1ccccc1. The van der Waals surface area contributed by atoms with E-state index in [-0.39, 0.29) is 23.2 Å². The molecule has 174 valence electrons. The summed E-state index contributed by atoms with van der Waals surface area (Å²) in [7, 11) is -1.84. The van der Waals surface area contributed by atoms with E-state index in [1.54, 1.807) is 30.3 Å². The van der Waals surface area contributed by atoms with E-state index in [0.29, 0.717) is 11.3 Å². The van der Waals surface area contributed by atoms with Crippen molar-refractivity contribution >= 4 is 25.6 Å². The second-order valence-corrected chi connectivity index (χ2v) is 13.4. The number of carbonyl (C=O) groups excluding carboxylic acids is 2. The van der Waals surface area contributed by atoms with Crippen LogP contribution in [-0.4, -0.2) is 19.9 Å². The lowest BCUT2D eigenvalue weighted by atomic mass is 10.0. The number of rotatable bonds is 5. The van der Waals surface area contributed by atoms with E-state index in [0.717, 1.165) is 24.3 Å². The van der Waals surface area contributed by atoms with Gasteiger partial charge in [0.25, 0.3) is 11.8 Å². The first kappa shape index (κ1) is 24.8. The average Bonchev–Trinajstić information content (AvgIpc) is 2.78. The molecule has 0 bridgehead atoms. The van der Waals surface area contributed by atoms with Crippen molar-refractivity contribution in [3.8, 4) is 11.5 Å². The number of amides is 2. The molecule has 0 radical (unpaired) electrons. The van der Waals surface area contributed by atoms with Gasteiger partial charge in [-0.1, -0.05) is 49.8 Å². The molecule has 2 N–H and O–H groups in total. The molecule has 0 saturated heterocycles. The van der Waals surface area contributed by atoms with Crippen molar-refractivity contribution < 1.29 is 22.8 Å². The number of benzene rings is 3. The Morgan fingerprint density at radius 2 is 1.53 bits per heavy atom. The number of anilines is 1. The first-order chi connectivity index (χ1) is 16.0. The second kappa shape index (κ2) is 10.4. The van der Waals surface area contributed by atoms with Crippen LogP contribution in [0.25, 0.3) is 0 Å². The molecule has 0 fully saturated rings. The van der Waals surface area contributed by atoms with Gasteiger partial charge in [0.05, 0.1) is 11.1 Å². The molecule has 2 amide bonds. The Hall–Kier alpha value is -3.83. The van der Waals surface area contributed by atoms with E-state index in [2.05, 4.69) is 22.1 Å². The predicted molar refractivity (Wildman–Crippen MR) is 129 cm³/mol. The normalized spacial score (nSPS) is 10.8. The number of nitrogens with one attached hydrogen (secondary N) is 2. The first-order valence-electron chi connectivity index (χ1n) is 10.5. The van der Waals surface area contributed by atoms with Crippen LogP contribution < -0.4 is 10.6 Å². The lowest BCUT2D eigenvalue weighted by Crippen LogP contribution is -2.25. The highest BCUT2D eigenvalue weighted by atomic mass is 28.3. The lowest BCUT2D eigenvalue weighted by molar-refractivity contribution is 0.0947. The maximum absolute atomic E-state index is 14.9. The van der Waals surface area contributed by atoms with E-state index in [1.807, 2.05) is 19.6 Å². The fourth-order valence-corrected chi connectivity index (χ4v) is 3.45. The van der Waals surface area contributed by atoms with E-state index in [4.69, 9.17) is 0 Å². The topological polar surface area (TPSA) is 58.2 Å².